The number of fused-ring (bicyclic) bond motifs is 1. The van der Waals surface area contributed by atoms with Crippen LogP contribution in [0.15, 0.2) is 48.5 Å². The fourth-order valence-corrected chi connectivity index (χ4v) is 1.98. The number of hydrogen-bond donors (Lipinski definition) is 2. The first-order chi connectivity index (χ1) is 9.22. The molecule has 0 radical (unpaired) electrons. The number of carbonyl (C=O) groups is 1. The summed E-state index contributed by atoms with van der Waals surface area (Å²) in [6.07, 6.45) is 0. The molecule has 0 aliphatic heterocycles. The number of imidazole rings is 1. The van der Waals surface area contributed by atoms with Gasteiger partial charge in [-0.15, -0.1) is 0 Å². The molecule has 0 spiro atoms. The Morgan fingerprint density at radius 2 is 2.00 bits per heavy atom. The summed E-state index contributed by atoms with van der Waals surface area (Å²) in [5, 5.41) is 2.77. The first-order valence-electron chi connectivity index (χ1n) is 6.05. The van der Waals surface area contributed by atoms with E-state index in [0.717, 1.165) is 16.6 Å². The number of aromatic amines is 1. The highest BCUT2D eigenvalue weighted by molar-refractivity contribution is 6.04. The van der Waals surface area contributed by atoms with Gasteiger partial charge in [0.25, 0.3) is 5.91 Å². The van der Waals surface area contributed by atoms with Crippen LogP contribution in [0.25, 0.3) is 11.0 Å². The second kappa shape index (κ2) is 4.57. The molecule has 3 aromatic rings. The fourth-order valence-electron chi connectivity index (χ4n) is 1.98. The maximum absolute atomic E-state index is 12.1. The Labute approximate surface area is 110 Å². The van der Waals surface area contributed by atoms with Crippen molar-refractivity contribution in [3.63, 3.8) is 0 Å². The number of aromatic nitrogens is 2. The zero-order valence-corrected chi connectivity index (χ0v) is 10.5. The van der Waals surface area contributed by atoms with Gasteiger partial charge >= 0.3 is 0 Å². The molecular formula is C15H13N3O. The van der Waals surface area contributed by atoms with Gasteiger partial charge in [0.05, 0.1) is 11.0 Å². The minimum absolute atomic E-state index is 0.164. The number of nitrogens with zero attached hydrogens (tertiary/aromatic N) is 1. The van der Waals surface area contributed by atoms with Crippen LogP contribution in [0.3, 0.4) is 0 Å². The molecule has 0 aliphatic rings. The lowest BCUT2D eigenvalue weighted by Gasteiger charge is -2.02. The van der Waals surface area contributed by atoms with Crippen LogP contribution >= 0.6 is 0 Å². The smallest absolute Gasteiger partial charge is 0.257 e. The van der Waals surface area contributed by atoms with Gasteiger partial charge in [0, 0.05) is 5.56 Å². The van der Waals surface area contributed by atoms with Crippen LogP contribution in [-0.2, 0) is 0 Å². The number of amides is 1. The van der Waals surface area contributed by atoms with Gasteiger partial charge in [-0.2, -0.15) is 0 Å². The Kier molecular flexibility index (Phi) is 2.76. The molecule has 0 atom stereocenters. The fraction of sp³-hybridized carbons (Fsp3) is 0.0667. The van der Waals surface area contributed by atoms with Crippen LogP contribution in [0, 0.1) is 6.92 Å². The van der Waals surface area contributed by atoms with E-state index in [0.29, 0.717) is 11.5 Å². The summed E-state index contributed by atoms with van der Waals surface area (Å²) >= 11 is 0. The first-order valence-corrected chi connectivity index (χ1v) is 6.05. The normalized spacial score (nSPS) is 10.6. The molecule has 0 unspecified atom stereocenters. The van der Waals surface area contributed by atoms with E-state index in [-0.39, 0.29) is 5.91 Å². The first kappa shape index (κ1) is 11.5. The van der Waals surface area contributed by atoms with Crippen molar-refractivity contribution in [2.45, 2.75) is 6.92 Å². The Balaban J connectivity index is 1.86. The number of H-pyrrole nitrogens is 1. The highest BCUT2D eigenvalue weighted by atomic mass is 16.1. The van der Waals surface area contributed by atoms with Crippen molar-refractivity contribution in [3.05, 3.63) is 59.7 Å². The number of aryl methyl sites for hydroxylation is 1. The van der Waals surface area contributed by atoms with Gasteiger partial charge in [-0.25, -0.2) is 4.98 Å². The molecule has 3 rings (SSSR count). The lowest BCUT2D eigenvalue weighted by atomic mass is 10.1. The summed E-state index contributed by atoms with van der Waals surface area (Å²) in [4.78, 5) is 19.5. The molecule has 1 aromatic heterocycles. The summed E-state index contributed by atoms with van der Waals surface area (Å²) in [5.41, 5.74) is 3.42. The highest BCUT2D eigenvalue weighted by Gasteiger charge is 2.08. The van der Waals surface area contributed by atoms with Crippen LogP contribution in [0.2, 0.25) is 0 Å². The zero-order chi connectivity index (χ0) is 13.2. The topological polar surface area (TPSA) is 57.8 Å². The van der Waals surface area contributed by atoms with E-state index >= 15 is 0 Å². The SMILES string of the molecule is Cc1cccc(C(=O)Nc2nc3ccccc3[nH]2)c1. The van der Waals surface area contributed by atoms with E-state index in [1.54, 1.807) is 6.07 Å². The molecule has 0 aliphatic carbocycles. The Hall–Kier alpha value is -2.62. The molecule has 1 heterocycles. The number of para-hydroxylation sites is 2. The van der Waals surface area contributed by atoms with E-state index in [4.69, 9.17) is 0 Å². The minimum atomic E-state index is -0.164. The van der Waals surface area contributed by atoms with Crippen LogP contribution in [0.1, 0.15) is 15.9 Å². The van der Waals surface area contributed by atoms with Crippen molar-refractivity contribution in [3.8, 4) is 0 Å². The van der Waals surface area contributed by atoms with Crippen molar-refractivity contribution in [1.82, 2.24) is 9.97 Å². The predicted molar refractivity (Wildman–Crippen MR) is 75.2 cm³/mol. The average Bonchev–Trinajstić information content (AvgIpc) is 2.80. The molecule has 4 nitrogen and oxygen atoms in total. The van der Waals surface area contributed by atoms with Crippen molar-refractivity contribution in [2.24, 2.45) is 0 Å². The molecule has 94 valence electrons. The van der Waals surface area contributed by atoms with Crippen molar-refractivity contribution < 1.29 is 4.79 Å². The molecule has 0 saturated carbocycles. The largest absolute Gasteiger partial charge is 0.324 e. The standard InChI is InChI=1S/C15H13N3O/c1-10-5-4-6-11(9-10)14(19)18-15-16-12-7-2-3-8-13(12)17-15/h2-9H,1H3,(H2,16,17,18,19). The monoisotopic (exact) mass is 251 g/mol. The summed E-state index contributed by atoms with van der Waals surface area (Å²) in [6, 6.07) is 15.1. The molecule has 2 aromatic carbocycles. The van der Waals surface area contributed by atoms with Crippen molar-refractivity contribution >= 4 is 22.9 Å². The summed E-state index contributed by atoms with van der Waals surface area (Å²) < 4.78 is 0. The average molecular weight is 251 g/mol. The molecule has 4 heteroatoms. The van der Waals surface area contributed by atoms with Gasteiger partial charge in [-0.3, -0.25) is 10.1 Å². The molecule has 2 N–H and O–H groups in total. The number of anilines is 1. The maximum Gasteiger partial charge on any atom is 0.257 e. The van der Waals surface area contributed by atoms with E-state index in [2.05, 4.69) is 15.3 Å². The van der Waals surface area contributed by atoms with Crippen LogP contribution < -0.4 is 5.32 Å². The molecule has 0 fully saturated rings. The zero-order valence-electron chi connectivity index (χ0n) is 10.5. The Morgan fingerprint density at radius 1 is 1.16 bits per heavy atom. The van der Waals surface area contributed by atoms with Gasteiger partial charge in [-0.05, 0) is 31.2 Å². The van der Waals surface area contributed by atoms with E-state index in [1.165, 1.54) is 0 Å². The number of benzene rings is 2. The van der Waals surface area contributed by atoms with Gasteiger partial charge in [0.1, 0.15) is 0 Å². The third-order valence-electron chi connectivity index (χ3n) is 2.90. The van der Waals surface area contributed by atoms with E-state index < -0.39 is 0 Å². The predicted octanol–water partition coefficient (Wildman–Crippen LogP) is 3.12. The Morgan fingerprint density at radius 3 is 2.79 bits per heavy atom. The van der Waals surface area contributed by atoms with Crippen LogP contribution in [0.4, 0.5) is 5.95 Å². The Bertz CT molecular complexity index is 713. The summed E-state index contributed by atoms with van der Waals surface area (Å²) in [7, 11) is 0. The van der Waals surface area contributed by atoms with Crippen molar-refractivity contribution in [1.29, 1.82) is 0 Å². The number of carbonyl (C=O) groups excluding carboxylic acids is 1. The molecule has 1 amide bonds. The number of rotatable bonds is 2. The van der Waals surface area contributed by atoms with Gasteiger partial charge in [0.15, 0.2) is 0 Å². The number of hydrogen-bond acceptors (Lipinski definition) is 2. The minimum Gasteiger partial charge on any atom is -0.324 e. The molecule has 19 heavy (non-hydrogen) atoms. The quantitative estimate of drug-likeness (QED) is 0.735. The number of nitrogens with one attached hydrogen (secondary N) is 2. The van der Waals surface area contributed by atoms with Crippen LogP contribution in [0.5, 0.6) is 0 Å². The summed E-state index contributed by atoms with van der Waals surface area (Å²) in [6.45, 7) is 1.96. The summed E-state index contributed by atoms with van der Waals surface area (Å²) in [5.74, 6) is 0.301. The van der Waals surface area contributed by atoms with Gasteiger partial charge in [0.2, 0.25) is 5.95 Å². The van der Waals surface area contributed by atoms with Gasteiger partial charge < -0.3 is 4.98 Å². The van der Waals surface area contributed by atoms with Gasteiger partial charge in [-0.1, -0.05) is 29.8 Å². The highest BCUT2D eigenvalue weighted by Crippen LogP contribution is 2.14. The third-order valence-corrected chi connectivity index (χ3v) is 2.90. The maximum atomic E-state index is 12.1. The van der Waals surface area contributed by atoms with E-state index in [1.807, 2.05) is 49.4 Å². The van der Waals surface area contributed by atoms with E-state index in [9.17, 15) is 4.79 Å². The lowest BCUT2D eigenvalue weighted by Crippen LogP contribution is -2.12. The lowest BCUT2D eigenvalue weighted by molar-refractivity contribution is 0.102. The second-order valence-electron chi connectivity index (χ2n) is 4.43. The van der Waals surface area contributed by atoms with Crippen molar-refractivity contribution in [2.75, 3.05) is 5.32 Å². The molecule has 0 bridgehead atoms. The second-order valence-corrected chi connectivity index (χ2v) is 4.43. The molecular weight excluding hydrogens is 238 g/mol. The van der Waals surface area contributed by atoms with Crippen LogP contribution in [-0.4, -0.2) is 15.9 Å². The third kappa shape index (κ3) is 2.33. The molecule has 0 saturated heterocycles.